The lowest BCUT2D eigenvalue weighted by molar-refractivity contribution is 0.662. The molecule has 0 aliphatic heterocycles. The fraction of sp³-hybridized carbons (Fsp3) is 0.500. The van der Waals surface area contributed by atoms with Gasteiger partial charge in [0.2, 0.25) is 0 Å². The number of nitrogens with zero attached hydrogens (tertiary/aromatic N) is 4. The Kier molecular flexibility index (Phi) is 3.95. The fourth-order valence-corrected chi connectivity index (χ4v) is 2.53. The van der Waals surface area contributed by atoms with Crippen LogP contribution in [0.25, 0.3) is 11.6 Å². The Morgan fingerprint density at radius 1 is 1.26 bits per heavy atom. The molecule has 0 amide bonds. The first-order chi connectivity index (χ1) is 9.04. The summed E-state index contributed by atoms with van der Waals surface area (Å²) < 4.78 is 1.94. The average Bonchev–Trinajstić information content (AvgIpc) is 2.74. The van der Waals surface area contributed by atoms with E-state index < -0.39 is 0 Å². The molecule has 2 rings (SSSR count). The van der Waals surface area contributed by atoms with Crippen molar-refractivity contribution in [3.05, 3.63) is 29.3 Å². The molecule has 2 aromatic rings. The molecule has 2 aromatic heterocycles. The normalized spacial score (nSPS) is 12.7. The van der Waals surface area contributed by atoms with Crippen LogP contribution in [-0.2, 0) is 7.05 Å². The van der Waals surface area contributed by atoms with Crippen LogP contribution in [0.3, 0.4) is 0 Å². The summed E-state index contributed by atoms with van der Waals surface area (Å²) in [6.45, 7) is 7.20. The van der Waals surface area contributed by atoms with Crippen molar-refractivity contribution in [1.29, 1.82) is 0 Å². The molecule has 1 atom stereocenters. The van der Waals surface area contributed by atoms with Crippen molar-refractivity contribution in [2.45, 2.75) is 26.7 Å². The fourth-order valence-electron chi connectivity index (χ4n) is 2.53. The molecule has 5 heteroatoms. The Labute approximate surface area is 114 Å². The summed E-state index contributed by atoms with van der Waals surface area (Å²) in [6.07, 6.45) is 3.67. The van der Waals surface area contributed by atoms with Gasteiger partial charge in [-0.05, 0) is 32.4 Å². The van der Waals surface area contributed by atoms with Crippen molar-refractivity contribution in [2.75, 3.05) is 13.6 Å². The summed E-state index contributed by atoms with van der Waals surface area (Å²) in [7, 11) is 3.91. The van der Waals surface area contributed by atoms with Crippen molar-refractivity contribution >= 4 is 0 Å². The highest BCUT2D eigenvalue weighted by Crippen LogP contribution is 2.23. The van der Waals surface area contributed by atoms with Crippen LogP contribution in [0.2, 0.25) is 0 Å². The zero-order chi connectivity index (χ0) is 14.0. The van der Waals surface area contributed by atoms with Crippen LogP contribution >= 0.6 is 0 Å². The van der Waals surface area contributed by atoms with Gasteiger partial charge in [0, 0.05) is 37.4 Å². The second-order valence-electron chi connectivity index (χ2n) is 4.95. The molecule has 1 unspecified atom stereocenters. The molecular formula is C14H21N5. The number of rotatable bonds is 4. The van der Waals surface area contributed by atoms with E-state index in [0.29, 0.717) is 11.7 Å². The van der Waals surface area contributed by atoms with Gasteiger partial charge >= 0.3 is 0 Å². The Balaban J connectivity index is 2.45. The van der Waals surface area contributed by atoms with Gasteiger partial charge < -0.3 is 9.88 Å². The maximum atomic E-state index is 4.62. The van der Waals surface area contributed by atoms with E-state index in [4.69, 9.17) is 0 Å². The quantitative estimate of drug-likeness (QED) is 0.910. The minimum absolute atomic E-state index is 0.403. The lowest BCUT2D eigenvalue weighted by atomic mass is 9.98. The summed E-state index contributed by atoms with van der Waals surface area (Å²) >= 11 is 0. The summed E-state index contributed by atoms with van der Waals surface area (Å²) in [5, 5.41) is 3.20. The lowest BCUT2D eigenvalue weighted by Gasteiger charge is -2.16. The summed E-state index contributed by atoms with van der Waals surface area (Å²) in [5.41, 5.74) is 3.30. The highest BCUT2D eigenvalue weighted by Gasteiger charge is 2.16. The van der Waals surface area contributed by atoms with Crippen molar-refractivity contribution in [1.82, 2.24) is 24.8 Å². The molecule has 0 radical (unpaired) electrons. The second kappa shape index (κ2) is 5.48. The smallest absolute Gasteiger partial charge is 0.196 e. The van der Waals surface area contributed by atoms with Crippen LogP contribution in [0.15, 0.2) is 12.4 Å². The molecule has 1 N–H and O–H groups in total. The van der Waals surface area contributed by atoms with Crippen LogP contribution in [0, 0.1) is 13.8 Å². The molecule has 19 heavy (non-hydrogen) atoms. The molecule has 0 saturated heterocycles. The third-order valence-electron chi connectivity index (χ3n) is 3.35. The van der Waals surface area contributed by atoms with E-state index in [1.807, 2.05) is 38.7 Å². The maximum absolute atomic E-state index is 4.62. The monoisotopic (exact) mass is 259 g/mol. The van der Waals surface area contributed by atoms with E-state index in [1.165, 1.54) is 5.56 Å². The topological polar surface area (TPSA) is 55.6 Å². The molecular weight excluding hydrogens is 238 g/mol. The van der Waals surface area contributed by atoms with Gasteiger partial charge in [-0.1, -0.05) is 6.92 Å². The zero-order valence-corrected chi connectivity index (χ0v) is 12.2. The maximum Gasteiger partial charge on any atom is 0.196 e. The first-order valence-electron chi connectivity index (χ1n) is 6.52. The van der Waals surface area contributed by atoms with Gasteiger partial charge in [-0.2, -0.15) is 0 Å². The largest absolute Gasteiger partial charge is 0.331 e. The minimum Gasteiger partial charge on any atom is -0.331 e. The Bertz CT molecular complexity index is 550. The summed E-state index contributed by atoms with van der Waals surface area (Å²) in [4.78, 5) is 13.5. The number of nitrogens with one attached hydrogen (secondary N) is 1. The van der Waals surface area contributed by atoms with Crippen molar-refractivity contribution in [2.24, 2.45) is 7.05 Å². The third-order valence-corrected chi connectivity index (χ3v) is 3.35. The van der Waals surface area contributed by atoms with Gasteiger partial charge in [-0.3, -0.25) is 0 Å². The van der Waals surface area contributed by atoms with E-state index >= 15 is 0 Å². The van der Waals surface area contributed by atoms with Gasteiger partial charge in [0.1, 0.15) is 0 Å². The van der Waals surface area contributed by atoms with Gasteiger partial charge in [0.15, 0.2) is 11.6 Å². The van der Waals surface area contributed by atoms with Crippen LogP contribution in [0.5, 0.6) is 0 Å². The number of hydrogen-bond acceptors (Lipinski definition) is 4. The number of likely N-dealkylation sites (N-methyl/N-ethyl adjacent to an activating group) is 1. The zero-order valence-electron chi connectivity index (χ0n) is 12.2. The van der Waals surface area contributed by atoms with Gasteiger partial charge in [-0.15, -0.1) is 0 Å². The van der Waals surface area contributed by atoms with Crippen molar-refractivity contribution < 1.29 is 0 Å². The van der Waals surface area contributed by atoms with Gasteiger partial charge in [0.25, 0.3) is 0 Å². The van der Waals surface area contributed by atoms with E-state index in [-0.39, 0.29) is 0 Å². The molecule has 0 spiro atoms. The molecule has 0 aliphatic carbocycles. The Morgan fingerprint density at radius 2 is 1.89 bits per heavy atom. The van der Waals surface area contributed by atoms with Crippen molar-refractivity contribution in [3.63, 3.8) is 0 Å². The molecule has 0 aromatic carbocycles. The lowest BCUT2D eigenvalue weighted by Crippen LogP contribution is -2.18. The molecule has 2 heterocycles. The average molecular weight is 259 g/mol. The first-order valence-corrected chi connectivity index (χ1v) is 6.52. The van der Waals surface area contributed by atoms with E-state index in [9.17, 15) is 0 Å². The number of aryl methyl sites for hydroxylation is 3. The first kappa shape index (κ1) is 13.7. The highest BCUT2D eigenvalue weighted by molar-refractivity contribution is 5.46. The number of aromatic nitrogens is 4. The highest BCUT2D eigenvalue weighted by atomic mass is 15.1. The predicted octanol–water partition coefficient (Wildman–Crippen LogP) is 1.82. The second-order valence-corrected chi connectivity index (χ2v) is 4.95. The predicted molar refractivity (Wildman–Crippen MR) is 76.0 cm³/mol. The SMILES string of the molecule is CNCC(C)c1c(C)nc(-c2nccn2C)nc1C. The Morgan fingerprint density at radius 3 is 2.37 bits per heavy atom. The van der Waals surface area contributed by atoms with Gasteiger partial charge in [-0.25, -0.2) is 15.0 Å². The Hall–Kier alpha value is -1.75. The summed E-state index contributed by atoms with van der Waals surface area (Å²) in [5.74, 6) is 1.90. The molecule has 0 fully saturated rings. The minimum atomic E-state index is 0.403. The van der Waals surface area contributed by atoms with E-state index in [2.05, 4.69) is 27.2 Å². The van der Waals surface area contributed by atoms with Gasteiger partial charge in [0.05, 0.1) is 0 Å². The number of imidazole rings is 1. The van der Waals surface area contributed by atoms with Crippen LogP contribution < -0.4 is 5.32 Å². The van der Waals surface area contributed by atoms with E-state index in [0.717, 1.165) is 23.8 Å². The molecule has 0 bridgehead atoms. The standard InChI is InChI=1S/C14H21N5/c1-9(8-15-4)12-10(2)17-13(18-11(12)3)14-16-6-7-19(14)5/h6-7,9,15H,8H2,1-5H3. The van der Waals surface area contributed by atoms with E-state index in [1.54, 1.807) is 6.20 Å². The molecule has 0 aliphatic rings. The molecule has 0 saturated carbocycles. The summed E-state index contributed by atoms with van der Waals surface area (Å²) in [6, 6.07) is 0. The third kappa shape index (κ3) is 2.66. The van der Waals surface area contributed by atoms with Crippen LogP contribution in [-0.4, -0.2) is 33.1 Å². The number of hydrogen-bond donors (Lipinski definition) is 1. The van der Waals surface area contributed by atoms with Crippen LogP contribution in [0.4, 0.5) is 0 Å². The molecule has 102 valence electrons. The van der Waals surface area contributed by atoms with Crippen LogP contribution in [0.1, 0.15) is 29.8 Å². The molecule has 5 nitrogen and oxygen atoms in total. The van der Waals surface area contributed by atoms with Crippen molar-refractivity contribution in [3.8, 4) is 11.6 Å².